The summed E-state index contributed by atoms with van der Waals surface area (Å²) >= 11 is 0. The van der Waals surface area contributed by atoms with Crippen LogP contribution in [0.5, 0.6) is 0 Å². The van der Waals surface area contributed by atoms with Crippen LogP contribution in [-0.2, 0) is 4.74 Å². The van der Waals surface area contributed by atoms with Gasteiger partial charge in [-0.3, -0.25) is 4.90 Å². The molecule has 9 heteroatoms. The summed E-state index contributed by atoms with van der Waals surface area (Å²) < 4.78 is 53.6. The molecule has 1 heterocycles. The monoisotopic (exact) mass is 377 g/mol. The van der Waals surface area contributed by atoms with Gasteiger partial charge in [-0.1, -0.05) is 0 Å². The molecule has 0 bridgehead atoms. The van der Waals surface area contributed by atoms with Crippen molar-refractivity contribution in [2.75, 3.05) is 51.3 Å². The van der Waals surface area contributed by atoms with Gasteiger partial charge in [0.2, 0.25) is 0 Å². The minimum atomic E-state index is -4.29. The predicted molar refractivity (Wildman–Crippen MR) is 89.7 cm³/mol. The van der Waals surface area contributed by atoms with Gasteiger partial charge in [-0.2, -0.15) is 13.2 Å². The van der Waals surface area contributed by atoms with E-state index in [1.165, 1.54) is 18.2 Å². The van der Waals surface area contributed by atoms with Crippen molar-refractivity contribution in [3.63, 3.8) is 0 Å². The Morgan fingerprint density at radius 3 is 2.54 bits per heavy atom. The summed E-state index contributed by atoms with van der Waals surface area (Å²) in [6.07, 6.45) is -3.78. The van der Waals surface area contributed by atoms with Crippen molar-refractivity contribution in [1.82, 2.24) is 9.80 Å². The van der Waals surface area contributed by atoms with Crippen LogP contribution in [0.2, 0.25) is 0 Å². The lowest BCUT2D eigenvalue weighted by Crippen LogP contribution is -2.50. The molecule has 1 aromatic carbocycles. The van der Waals surface area contributed by atoms with E-state index in [0.29, 0.717) is 50.4 Å². The van der Waals surface area contributed by atoms with Gasteiger partial charge >= 0.3 is 12.2 Å². The van der Waals surface area contributed by atoms with E-state index in [4.69, 9.17) is 0 Å². The van der Waals surface area contributed by atoms with E-state index in [1.807, 2.05) is 0 Å². The van der Waals surface area contributed by atoms with Crippen LogP contribution in [0.1, 0.15) is 12.0 Å². The fraction of sp³-hybridized carbons (Fsp3) is 0.588. The number of alkyl halides is 3. The standard InChI is InChI=1S/C17H23F4N3O2/c1-13-11-14(18)3-4-15(13)22-16(25)24-8-6-23(7-9-24)5-2-10-26-12-17(19,20)21/h3-4,11H,2,5-10,12H2,1H3,(H,22,25). The molecular formula is C17H23F4N3O2. The van der Waals surface area contributed by atoms with Gasteiger partial charge in [0.05, 0.1) is 0 Å². The molecule has 26 heavy (non-hydrogen) atoms. The Morgan fingerprint density at radius 2 is 1.92 bits per heavy atom. The highest BCUT2D eigenvalue weighted by molar-refractivity contribution is 5.90. The molecule has 2 rings (SSSR count). The molecule has 0 radical (unpaired) electrons. The topological polar surface area (TPSA) is 44.8 Å². The minimum Gasteiger partial charge on any atom is -0.372 e. The van der Waals surface area contributed by atoms with Crippen molar-refractivity contribution in [2.45, 2.75) is 19.5 Å². The molecule has 2 amide bonds. The highest BCUT2D eigenvalue weighted by atomic mass is 19.4. The van der Waals surface area contributed by atoms with Crippen molar-refractivity contribution in [2.24, 2.45) is 0 Å². The summed E-state index contributed by atoms with van der Waals surface area (Å²) in [6, 6.07) is 3.93. The molecule has 5 nitrogen and oxygen atoms in total. The number of benzene rings is 1. The van der Waals surface area contributed by atoms with Crippen molar-refractivity contribution in [3.8, 4) is 0 Å². The molecule has 1 aromatic rings. The van der Waals surface area contributed by atoms with Gasteiger partial charge in [0.15, 0.2) is 0 Å². The Kier molecular flexibility index (Phi) is 7.22. The average molecular weight is 377 g/mol. The first-order valence-corrected chi connectivity index (χ1v) is 8.43. The lowest BCUT2D eigenvalue weighted by atomic mass is 10.2. The molecule has 0 aromatic heterocycles. The lowest BCUT2D eigenvalue weighted by molar-refractivity contribution is -0.174. The summed E-state index contributed by atoms with van der Waals surface area (Å²) in [6.45, 7) is 3.53. The van der Waals surface area contributed by atoms with E-state index < -0.39 is 12.8 Å². The second kappa shape index (κ2) is 9.18. The van der Waals surface area contributed by atoms with E-state index >= 15 is 0 Å². The van der Waals surface area contributed by atoms with Crippen molar-refractivity contribution in [3.05, 3.63) is 29.6 Å². The van der Waals surface area contributed by atoms with Gasteiger partial charge in [0.25, 0.3) is 0 Å². The van der Waals surface area contributed by atoms with Gasteiger partial charge < -0.3 is 15.0 Å². The number of carbonyl (C=O) groups excluding carboxylic acids is 1. The van der Waals surface area contributed by atoms with E-state index in [0.717, 1.165) is 0 Å². The maximum Gasteiger partial charge on any atom is 0.411 e. The number of hydrogen-bond donors (Lipinski definition) is 1. The van der Waals surface area contributed by atoms with E-state index in [-0.39, 0.29) is 18.5 Å². The number of piperazine rings is 1. The van der Waals surface area contributed by atoms with Crippen LogP contribution in [0.4, 0.5) is 28.0 Å². The Bertz CT molecular complexity index is 602. The van der Waals surface area contributed by atoms with Gasteiger partial charge in [0, 0.05) is 45.0 Å². The van der Waals surface area contributed by atoms with Crippen LogP contribution in [-0.4, -0.2) is 67.9 Å². The highest BCUT2D eigenvalue weighted by Crippen LogP contribution is 2.17. The van der Waals surface area contributed by atoms with Crippen LogP contribution in [0.15, 0.2) is 18.2 Å². The molecule has 1 aliphatic rings. The van der Waals surface area contributed by atoms with Crippen LogP contribution in [0.25, 0.3) is 0 Å². The largest absolute Gasteiger partial charge is 0.411 e. The lowest BCUT2D eigenvalue weighted by Gasteiger charge is -2.34. The summed E-state index contributed by atoms with van der Waals surface area (Å²) in [4.78, 5) is 16.0. The van der Waals surface area contributed by atoms with Crippen LogP contribution in [0, 0.1) is 12.7 Å². The SMILES string of the molecule is Cc1cc(F)ccc1NC(=O)N1CCN(CCCOCC(F)(F)F)CC1. The molecule has 1 fully saturated rings. The van der Waals surface area contributed by atoms with E-state index in [2.05, 4.69) is 15.0 Å². The molecule has 0 aliphatic carbocycles. The molecule has 1 aliphatic heterocycles. The maximum atomic E-state index is 13.1. The van der Waals surface area contributed by atoms with Gasteiger partial charge in [-0.25, -0.2) is 9.18 Å². The zero-order valence-corrected chi connectivity index (χ0v) is 14.6. The number of urea groups is 1. The van der Waals surface area contributed by atoms with Gasteiger partial charge in [0.1, 0.15) is 12.4 Å². The predicted octanol–water partition coefficient (Wildman–Crippen LogP) is 3.25. The third-order valence-electron chi connectivity index (χ3n) is 4.12. The summed E-state index contributed by atoms with van der Waals surface area (Å²) in [5.41, 5.74) is 1.22. The van der Waals surface area contributed by atoms with Crippen LogP contribution < -0.4 is 5.32 Å². The van der Waals surface area contributed by atoms with Crippen LogP contribution >= 0.6 is 0 Å². The van der Waals surface area contributed by atoms with E-state index in [9.17, 15) is 22.4 Å². The molecule has 0 unspecified atom stereocenters. The van der Waals surface area contributed by atoms with Gasteiger partial charge in [-0.15, -0.1) is 0 Å². The second-order valence-corrected chi connectivity index (χ2v) is 6.24. The number of nitrogens with one attached hydrogen (secondary N) is 1. The Morgan fingerprint density at radius 1 is 1.23 bits per heavy atom. The Balaban J connectivity index is 1.67. The zero-order valence-electron chi connectivity index (χ0n) is 14.6. The maximum absolute atomic E-state index is 13.1. The van der Waals surface area contributed by atoms with Gasteiger partial charge in [-0.05, 0) is 37.1 Å². The van der Waals surface area contributed by atoms with Crippen molar-refractivity contribution < 1.29 is 27.1 Å². The number of amides is 2. The molecule has 0 atom stereocenters. The normalized spacial score (nSPS) is 16.0. The zero-order chi connectivity index (χ0) is 19.2. The van der Waals surface area contributed by atoms with Crippen LogP contribution in [0.3, 0.4) is 0 Å². The summed E-state index contributed by atoms with van der Waals surface area (Å²) in [5.74, 6) is -0.353. The molecule has 146 valence electrons. The molecule has 1 N–H and O–H groups in total. The number of hydrogen-bond acceptors (Lipinski definition) is 3. The number of anilines is 1. The average Bonchev–Trinajstić information content (AvgIpc) is 2.56. The fourth-order valence-electron chi connectivity index (χ4n) is 2.71. The van der Waals surface area contributed by atoms with Crippen molar-refractivity contribution in [1.29, 1.82) is 0 Å². The smallest absolute Gasteiger partial charge is 0.372 e. The summed E-state index contributed by atoms with van der Waals surface area (Å²) in [5, 5.41) is 2.77. The number of carbonyl (C=O) groups is 1. The first-order chi connectivity index (χ1) is 12.2. The molecular weight excluding hydrogens is 354 g/mol. The van der Waals surface area contributed by atoms with Crippen molar-refractivity contribution >= 4 is 11.7 Å². The quantitative estimate of drug-likeness (QED) is 0.611. The second-order valence-electron chi connectivity index (χ2n) is 6.24. The Labute approximate surface area is 149 Å². The number of aryl methyl sites for hydroxylation is 1. The molecule has 0 spiro atoms. The third-order valence-corrected chi connectivity index (χ3v) is 4.12. The number of nitrogens with zero attached hydrogens (tertiary/aromatic N) is 2. The first kappa shape index (κ1) is 20.4. The minimum absolute atomic E-state index is 0.0596. The Hall–Kier alpha value is -1.87. The molecule has 1 saturated heterocycles. The number of halogens is 4. The molecule has 0 saturated carbocycles. The fourth-order valence-corrected chi connectivity index (χ4v) is 2.71. The third kappa shape index (κ3) is 6.80. The summed E-state index contributed by atoms with van der Waals surface area (Å²) in [7, 11) is 0. The number of ether oxygens (including phenoxy) is 1. The first-order valence-electron chi connectivity index (χ1n) is 8.43. The number of rotatable bonds is 6. The van der Waals surface area contributed by atoms with E-state index in [1.54, 1.807) is 11.8 Å². The highest BCUT2D eigenvalue weighted by Gasteiger charge is 2.27.